The minimum atomic E-state index is 0.221. The van der Waals surface area contributed by atoms with Crippen molar-refractivity contribution in [3.8, 4) is 0 Å². The summed E-state index contributed by atoms with van der Waals surface area (Å²) < 4.78 is 0.356. The van der Waals surface area contributed by atoms with E-state index in [2.05, 4.69) is 16.9 Å². The van der Waals surface area contributed by atoms with Crippen LogP contribution in [0, 0.1) is 0 Å². The molecule has 2 aliphatic rings. The maximum Gasteiger partial charge on any atom is 0.230 e. The van der Waals surface area contributed by atoms with Gasteiger partial charge in [-0.2, -0.15) is 11.8 Å². The Hall–Kier alpha value is 0.130. The molecule has 0 aromatic carbocycles. The van der Waals surface area contributed by atoms with Crippen molar-refractivity contribution >= 4 is 29.4 Å². The molecule has 1 saturated carbocycles. The third kappa shape index (κ3) is 4.07. The molecule has 0 unspecified atom stereocenters. The highest BCUT2D eigenvalue weighted by Crippen LogP contribution is 2.42. The number of hydrogen-bond donors (Lipinski definition) is 2. The van der Waals surface area contributed by atoms with Crippen molar-refractivity contribution < 1.29 is 4.79 Å². The Morgan fingerprint density at radius 2 is 2.11 bits per heavy atom. The standard InChI is InChI=1S/C13H24N2OS2/c1-17-13(5-2-6-13)10-15-12(16)9-18-11-3-7-14-8-4-11/h11,14H,2-10H2,1H3,(H,15,16). The van der Waals surface area contributed by atoms with E-state index in [1.165, 1.54) is 32.1 Å². The van der Waals surface area contributed by atoms with Gasteiger partial charge in [0, 0.05) is 16.5 Å². The second-order valence-electron chi connectivity index (χ2n) is 5.28. The summed E-state index contributed by atoms with van der Waals surface area (Å²) >= 11 is 3.75. The predicted molar refractivity (Wildman–Crippen MR) is 81.5 cm³/mol. The van der Waals surface area contributed by atoms with E-state index in [1.54, 1.807) is 0 Å². The number of rotatable bonds is 6. The van der Waals surface area contributed by atoms with Gasteiger partial charge in [0.25, 0.3) is 0 Å². The smallest absolute Gasteiger partial charge is 0.230 e. The van der Waals surface area contributed by atoms with Gasteiger partial charge >= 0.3 is 0 Å². The Balaban J connectivity index is 1.59. The van der Waals surface area contributed by atoms with Crippen LogP contribution >= 0.6 is 23.5 Å². The Labute approximate surface area is 119 Å². The third-order valence-corrected chi connectivity index (χ3v) is 6.83. The zero-order valence-electron chi connectivity index (χ0n) is 11.2. The first kappa shape index (κ1) is 14.5. The average Bonchev–Trinajstić information content (AvgIpc) is 2.37. The van der Waals surface area contributed by atoms with E-state index >= 15 is 0 Å². The van der Waals surface area contributed by atoms with Crippen LogP contribution in [-0.2, 0) is 4.79 Å². The summed E-state index contributed by atoms with van der Waals surface area (Å²) in [7, 11) is 0. The van der Waals surface area contributed by atoms with Crippen molar-refractivity contribution in [3.05, 3.63) is 0 Å². The molecule has 104 valence electrons. The van der Waals surface area contributed by atoms with Crippen molar-refractivity contribution in [2.75, 3.05) is 31.6 Å². The van der Waals surface area contributed by atoms with Crippen LogP contribution in [0.15, 0.2) is 0 Å². The van der Waals surface area contributed by atoms with Crippen molar-refractivity contribution in [1.82, 2.24) is 10.6 Å². The summed E-state index contributed by atoms with van der Waals surface area (Å²) in [6.45, 7) is 3.07. The van der Waals surface area contributed by atoms with Gasteiger partial charge in [0.2, 0.25) is 5.91 Å². The summed E-state index contributed by atoms with van der Waals surface area (Å²) in [5, 5.41) is 7.15. The molecular formula is C13H24N2OS2. The van der Waals surface area contributed by atoms with Crippen molar-refractivity contribution in [2.24, 2.45) is 0 Å². The van der Waals surface area contributed by atoms with Gasteiger partial charge in [-0.05, 0) is 45.0 Å². The third-order valence-electron chi connectivity index (χ3n) is 4.04. The molecule has 1 saturated heterocycles. The number of amides is 1. The van der Waals surface area contributed by atoms with Gasteiger partial charge in [-0.3, -0.25) is 4.79 Å². The monoisotopic (exact) mass is 288 g/mol. The Kier molecular flexibility index (Phi) is 5.70. The molecule has 18 heavy (non-hydrogen) atoms. The minimum absolute atomic E-state index is 0.221. The highest BCUT2D eigenvalue weighted by molar-refractivity contribution is 8.00. The van der Waals surface area contributed by atoms with Crippen LogP contribution in [-0.4, -0.2) is 47.5 Å². The lowest BCUT2D eigenvalue weighted by Gasteiger charge is -2.40. The lowest BCUT2D eigenvalue weighted by Crippen LogP contribution is -2.45. The summed E-state index contributed by atoms with van der Waals surface area (Å²) in [6, 6.07) is 0. The molecule has 2 rings (SSSR count). The molecule has 1 aliphatic carbocycles. The van der Waals surface area contributed by atoms with Crippen molar-refractivity contribution in [3.63, 3.8) is 0 Å². The first-order valence-corrected chi connectivity index (χ1v) is 9.16. The van der Waals surface area contributed by atoms with Crippen molar-refractivity contribution in [2.45, 2.75) is 42.1 Å². The predicted octanol–water partition coefficient (Wildman–Crippen LogP) is 1.87. The molecule has 3 nitrogen and oxygen atoms in total. The number of piperidine rings is 1. The number of nitrogens with one attached hydrogen (secondary N) is 2. The van der Waals surface area contributed by atoms with Crippen LogP contribution < -0.4 is 10.6 Å². The fourth-order valence-corrected chi connectivity index (χ4v) is 4.46. The van der Waals surface area contributed by atoms with Crippen molar-refractivity contribution in [1.29, 1.82) is 0 Å². The van der Waals surface area contributed by atoms with E-state index in [4.69, 9.17) is 0 Å². The highest BCUT2D eigenvalue weighted by Gasteiger charge is 2.36. The first-order chi connectivity index (χ1) is 8.74. The van der Waals surface area contributed by atoms with Crippen LogP contribution in [0.3, 0.4) is 0 Å². The van der Waals surface area contributed by atoms with Gasteiger partial charge in [-0.25, -0.2) is 0 Å². The molecule has 1 heterocycles. The van der Waals surface area contributed by atoms with E-state index < -0.39 is 0 Å². The lowest BCUT2D eigenvalue weighted by molar-refractivity contribution is -0.118. The second kappa shape index (κ2) is 7.06. The maximum absolute atomic E-state index is 11.8. The summed E-state index contributed by atoms with van der Waals surface area (Å²) in [4.78, 5) is 11.8. The van der Waals surface area contributed by atoms with E-state index in [1.807, 2.05) is 23.5 Å². The lowest BCUT2D eigenvalue weighted by atomic mass is 9.84. The number of carbonyl (C=O) groups is 1. The van der Waals surface area contributed by atoms with Gasteiger partial charge < -0.3 is 10.6 Å². The molecule has 1 amide bonds. The Bertz CT molecular complexity index is 271. The maximum atomic E-state index is 11.8. The topological polar surface area (TPSA) is 41.1 Å². The minimum Gasteiger partial charge on any atom is -0.354 e. The molecule has 0 spiro atoms. The zero-order valence-corrected chi connectivity index (χ0v) is 12.8. The second-order valence-corrected chi connectivity index (χ2v) is 7.84. The molecule has 0 radical (unpaired) electrons. The Morgan fingerprint density at radius 1 is 1.39 bits per heavy atom. The molecular weight excluding hydrogens is 264 g/mol. The molecule has 5 heteroatoms. The Morgan fingerprint density at radius 3 is 2.67 bits per heavy atom. The van der Waals surface area contributed by atoms with E-state index in [0.29, 0.717) is 15.7 Å². The van der Waals surface area contributed by atoms with E-state index in [0.717, 1.165) is 19.6 Å². The average molecular weight is 288 g/mol. The van der Waals surface area contributed by atoms with Crippen LogP contribution in [0.4, 0.5) is 0 Å². The molecule has 0 atom stereocenters. The fraction of sp³-hybridized carbons (Fsp3) is 0.923. The molecule has 0 aromatic rings. The number of carbonyl (C=O) groups excluding carboxylic acids is 1. The van der Waals surface area contributed by atoms with Crippen LogP contribution in [0.2, 0.25) is 0 Å². The summed E-state index contributed by atoms with van der Waals surface area (Å²) in [6.07, 6.45) is 8.40. The van der Waals surface area contributed by atoms with Gasteiger partial charge in [-0.1, -0.05) is 6.42 Å². The fourth-order valence-electron chi connectivity index (χ4n) is 2.49. The van der Waals surface area contributed by atoms with E-state index in [-0.39, 0.29) is 5.91 Å². The quantitative estimate of drug-likeness (QED) is 0.783. The SMILES string of the molecule is CSC1(CNC(=O)CSC2CCNCC2)CCC1. The van der Waals surface area contributed by atoms with E-state index in [9.17, 15) is 4.79 Å². The van der Waals surface area contributed by atoms with Gasteiger partial charge in [-0.15, -0.1) is 11.8 Å². The first-order valence-electron chi connectivity index (χ1n) is 6.88. The van der Waals surface area contributed by atoms with Gasteiger partial charge in [0.1, 0.15) is 0 Å². The summed E-state index contributed by atoms with van der Waals surface area (Å²) in [5.74, 6) is 0.855. The molecule has 0 aromatic heterocycles. The molecule has 2 N–H and O–H groups in total. The zero-order chi connectivity index (χ0) is 12.8. The molecule has 1 aliphatic heterocycles. The summed E-state index contributed by atoms with van der Waals surface area (Å²) in [5.41, 5.74) is 0. The highest BCUT2D eigenvalue weighted by atomic mass is 32.2. The van der Waals surface area contributed by atoms with Crippen LogP contribution in [0.5, 0.6) is 0 Å². The largest absolute Gasteiger partial charge is 0.354 e. The molecule has 2 fully saturated rings. The van der Waals surface area contributed by atoms with Crippen LogP contribution in [0.25, 0.3) is 0 Å². The van der Waals surface area contributed by atoms with Crippen LogP contribution in [0.1, 0.15) is 32.1 Å². The normalized spacial score (nSPS) is 23.4. The number of thioether (sulfide) groups is 2. The van der Waals surface area contributed by atoms with Gasteiger partial charge in [0.15, 0.2) is 0 Å². The molecule has 0 bridgehead atoms. The van der Waals surface area contributed by atoms with Gasteiger partial charge in [0.05, 0.1) is 5.75 Å². The number of hydrogen-bond acceptors (Lipinski definition) is 4.